The Morgan fingerprint density at radius 2 is 2.09 bits per heavy atom. The summed E-state index contributed by atoms with van der Waals surface area (Å²) in [4.78, 5) is 33.3. The van der Waals surface area contributed by atoms with Gasteiger partial charge in [-0.1, -0.05) is 0 Å². The van der Waals surface area contributed by atoms with Crippen LogP contribution in [-0.4, -0.2) is 36.4 Å². The second-order valence-electron chi connectivity index (χ2n) is 5.61. The minimum Gasteiger partial charge on any atom is -0.347 e. The SMILES string of the molecule is O=c1[nH]c(-c2ccncc2)nc2c1CN(Cc1cnc[nH]1)CC2. The summed E-state index contributed by atoms with van der Waals surface area (Å²) in [5.74, 6) is 0.609. The van der Waals surface area contributed by atoms with Crippen molar-refractivity contribution in [3.05, 3.63) is 64.4 Å². The zero-order valence-electron chi connectivity index (χ0n) is 12.5. The highest BCUT2D eigenvalue weighted by molar-refractivity contribution is 5.54. The fourth-order valence-corrected chi connectivity index (χ4v) is 2.87. The van der Waals surface area contributed by atoms with Gasteiger partial charge in [0.25, 0.3) is 5.56 Å². The van der Waals surface area contributed by atoms with E-state index in [1.54, 1.807) is 18.7 Å². The fourth-order valence-electron chi connectivity index (χ4n) is 2.87. The third-order valence-electron chi connectivity index (χ3n) is 4.05. The van der Waals surface area contributed by atoms with Crippen LogP contribution in [0.25, 0.3) is 11.4 Å². The Labute approximate surface area is 132 Å². The second-order valence-corrected chi connectivity index (χ2v) is 5.61. The summed E-state index contributed by atoms with van der Waals surface area (Å²) >= 11 is 0. The molecule has 1 aliphatic heterocycles. The highest BCUT2D eigenvalue weighted by Gasteiger charge is 2.21. The Hall–Kier alpha value is -2.80. The van der Waals surface area contributed by atoms with Gasteiger partial charge < -0.3 is 9.97 Å². The number of fused-ring (bicyclic) bond motifs is 1. The molecule has 3 aromatic heterocycles. The lowest BCUT2D eigenvalue weighted by molar-refractivity contribution is 0.239. The van der Waals surface area contributed by atoms with Crippen LogP contribution in [0.15, 0.2) is 41.8 Å². The van der Waals surface area contributed by atoms with Gasteiger partial charge in [-0.15, -0.1) is 0 Å². The molecule has 0 bridgehead atoms. The molecule has 0 aliphatic carbocycles. The zero-order chi connectivity index (χ0) is 15.6. The number of nitrogens with one attached hydrogen (secondary N) is 2. The number of nitrogens with zero attached hydrogens (tertiary/aromatic N) is 4. The molecule has 116 valence electrons. The molecule has 0 radical (unpaired) electrons. The summed E-state index contributed by atoms with van der Waals surface area (Å²) in [6, 6.07) is 3.69. The molecule has 7 nitrogen and oxygen atoms in total. The van der Waals surface area contributed by atoms with Gasteiger partial charge in [0.1, 0.15) is 5.82 Å². The summed E-state index contributed by atoms with van der Waals surface area (Å²) < 4.78 is 0. The molecule has 0 atom stereocenters. The maximum Gasteiger partial charge on any atom is 0.255 e. The summed E-state index contributed by atoms with van der Waals surface area (Å²) in [6.07, 6.45) is 7.64. The molecule has 7 heteroatoms. The molecule has 2 N–H and O–H groups in total. The Morgan fingerprint density at radius 1 is 1.22 bits per heavy atom. The van der Waals surface area contributed by atoms with Gasteiger partial charge >= 0.3 is 0 Å². The molecule has 0 saturated heterocycles. The van der Waals surface area contributed by atoms with E-state index in [2.05, 4.69) is 29.8 Å². The Kier molecular flexibility index (Phi) is 3.47. The normalized spacial score (nSPS) is 14.6. The van der Waals surface area contributed by atoms with Crippen LogP contribution in [0.5, 0.6) is 0 Å². The molecule has 0 amide bonds. The van der Waals surface area contributed by atoms with E-state index in [1.165, 1.54) is 0 Å². The number of hydrogen-bond acceptors (Lipinski definition) is 5. The molecule has 1 aliphatic rings. The molecule has 4 heterocycles. The topological polar surface area (TPSA) is 90.6 Å². The van der Waals surface area contributed by atoms with Crippen LogP contribution >= 0.6 is 0 Å². The number of aromatic amines is 2. The van der Waals surface area contributed by atoms with E-state index >= 15 is 0 Å². The van der Waals surface area contributed by atoms with Gasteiger partial charge in [0, 0.05) is 55.9 Å². The molecular formula is C16H16N6O. The van der Waals surface area contributed by atoms with Gasteiger partial charge in [-0.25, -0.2) is 9.97 Å². The van der Waals surface area contributed by atoms with Crippen LogP contribution < -0.4 is 5.56 Å². The number of hydrogen-bond donors (Lipinski definition) is 2. The first-order valence-corrected chi connectivity index (χ1v) is 7.51. The maximum atomic E-state index is 12.4. The van der Waals surface area contributed by atoms with E-state index in [-0.39, 0.29) is 5.56 Å². The monoisotopic (exact) mass is 308 g/mol. The quantitative estimate of drug-likeness (QED) is 0.756. The minimum atomic E-state index is -0.0591. The van der Waals surface area contributed by atoms with Crippen molar-refractivity contribution in [1.82, 2.24) is 29.8 Å². The van der Waals surface area contributed by atoms with Crippen molar-refractivity contribution in [2.24, 2.45) is 0 Å². The van der Waals surface area contributed by atoms with E-state index in [0.29, 0.717) is 12.4 Å². The first-order valence-electron chi connectivity index (χ1n) is 7.51. The lowest BCUT2D eigenvalue weighted by atomic mass is 10.1. The fraction of sp³-hybridized carbons (Fsp3) is 0.250. The smallest absolute Gasteiger partial charge is 0.255 e. The molecular weight excluding hydrogens is 292 g/mol. The largest absolute Gasteiger partial charge is 0.347 e. The third kappa shape index (κ3) is 2.78. The van der Waals surface area contributed by atoms with Crippen LogP contribution in [0, 0.1) is 0 Å². The standard InChI is InChI=1S/C16H16N6O/c23-16-13-9-22(8-12-7-18-10-19-12)6-3-14(13)20-15(21-16)11-1-4-17-5-2-11/h1-2,4-5,7,10H,3,6,8-9H2,(H,18,19)(H,20,21,23). The van der Waals surface area contributed by atoms with E-state index in [9.17, 15) is 4.79 Å². The van der Waals surface area contributed by atoms with E-state index < -0.39 is 0 Å². The Bertz CT molecular complexity index is 856. The minimum absolute atomic E-state index is 0.0591. The van der Waals surface area contributed by atoms with Crippen molar-refractivity contribution in [2.45, 2.75) is 19.5 Å². The third-order valence-corrected chi connectivity index (χ3v) is 4.05. The van der Waals surface area contributed by atoms with Crippen LogP contribution in [-0.2, 0) is 19.5 Å². The maximum absolute atomic E-state index is 12.4. The molecule has 0 unspecified atom stereocenters. The average Bonchev–Trinajstić information content (AvgIpc) is 3.09. The molecule has 4 rings (SSSR count). The highest BCUT2D eigenvalue weighted by Crippen LogP contribution is 2.19. The van der Waals surface area contributed by atoms with Gasteiger partial charge in [0.05, 0.1) is 17.6 Å². The first-order chi connectivity index (χ1) is 11.3. The Balaban J connectivity index is 1.62. The van der Waals surface area contributed by atoms with Crippen LogP contribution in [0.3, 0.4) is 0 Å². The Morgan fingerprint density at radius 3 is 2.87 bits per heavy atom. The summed E-state index contributed by atoms with van der Waals surface area (Å²) in [6.45, 7) is 2.23. The van der Waals surface area contributed by atoms with Crippen LogP contribution in [0.4, 0.5) is 0 Å². The number of aromatic nitrogens is 5. The van der Waals surface area contributed by atoms with E-state index in [4.69, 9.17) is 0 Å². The van der Waals surface area contributed by atoms with Crippen molar-refractivity contribution in [3.8, 4) is 11.4 Å². The van der Waals surface area contributed by atoms with Crippen molar-refractivity contribution in [2.75, 3.05) is 6.54 Å². The summed E-state index contributed by atoms with van der Waals surface area (Å²) in [7, 11) is 0. The van der Waals surface area contributed by atoms with Gasteiger partial charge in [0.2, 0.25) is 0 Å². The first kappa shape index (κ1) is 13.8. The average molecular weight is 308 g/mol. The predicted molar refractivity (Wildman–Crippen MR) is 84.5 cm³/mol. The van der Waals surface area contributed by atoms with Crippen LogP contribution in [0.1, 0.15) is 17.0 Å². The number of imidazole rings is 1. The van der Waals surface area contributed by atoms with Crippen LogP contribution in [0.2, 0.25) is 0 Å². The van der Waals surface area contributed by atoms with E-state index in [1.807, 2.05) is 18.3 Å². The van der Waals surface area contributed by atoms with Gasteiger partial charge in [0.15, 0.2) is 0 Å². The molecule has 3 aromatic rings. The van der Waals surface area contributed by atoms with Crippen molar-refractivity contribution >= 4 is 0 Å². The predicted octanol–water partition coefficient (Wildman–Crippen LogP) is 1.11. The molecule has 0 fully saturated rings. The van der Waals surface area contributed by atoms with Gasteiger partial charge in [-0.05, 0) is 12.1 Å². The summed E-state index contributed by atoms with van der Waals surface area (Å²) in [5.41, 5.74) is 3.51. The van der Waals surface area contributed by atoms with Crippen molar-refractivity contribution < 1.29 is 0 Å². The highest BCUT2D eigenvalue weighted by atomic mass is 16.1. The number of H-pyrrole nitrogens is 2. The lowest BCUT2D eigenvalue weighted by Crippen LogP contribution is -2.35. The second kappa shape index (κ2) is 5.77. The molecule has 0 spiro atoms. The molecule has 23 heavy (non-hydrogen) atoms. The van der Waals surface area contributed by atoms with Gasteiger partial charge in [-0.2, -0.15) is 0 Å². The summed E-state index contributed by atoms with van der Waals surface area (Å²) in [5, 5.41) is 0. The van der Waals surface area contributed by atoms with Crippen molar-refractivity contribution in [1.29, 1.82) is 0 Å². The molecule has 0 saturated carbocycles. The molecule has 0 aromatic carbocycles. The van der Waals surface area contributed by atoms with Gasteiger partial charge in [-0.3, -0.25) is 14.7 Å². The number of rotatable bonds is 3. The number of pyridine rings is 1. The van der Waals surface area contributed by atoms with Crippen molar-refractivity contribution in [3.63, 3.8) is 0 Å². The lowest BCUT2D eigenvalue weighted by Gasteiger charge is -2.27. The van der Waals surface area contributed by atoms with E-state index in [0.717, 1.165) is 42.0 Å². The zero-order valence-corrected chi connectivity index (χ0v) is 12.5.